The molecular formula is C26H45NO3. The van der Waals surface area contributed by atoms with E-state index in [2.05, 4.69) is 24.6 Å². The minimum absolute atomic E-state index is 0.102. The lowest BCUT2D eigenvalue weighted by atomic mass is 10.0. The van der Waals surface area contributed by atoms with Crippen molar-refractivity contribution in [2.75, 3.05) is 6.61 Å². The Morgan fingerprint density at radius 1 is 0.800 bits per heavy atom. The standard InChI is InChI=1S/C26H45NO3/c1-5-7-8-9-10-11-12-13-15-18-24(28)26-22(3)21-27(23(26)4)20-17-14-16-19-25(29)30-6-2/h21H,5-20H2,1-4H3. The van der Waals surface area contributed by atoms with Crippen molar-refractivity contribution >= 4 is 11.8 Å². The Labute approximate surface area is 184 Å². The molecule has 0 bridgehead atoms. The van der Waals surface area contributed by atoms with Crippen LogP contribution in [-0.2, 0) is 16.1 Å². The zero-order chi connectivity index (χ0) is 22.2. The summed E-state index contributed by atoms with van der Waals surface area (Å²) in [5.74, 6) is 0.198. The third kappa shape index (κ3) is 10.4. The van der Waals surface area contributed by atoms with Crippen molar-refractivity contribution in [2.24, 2.45) is 0 Å². The van der Waals surface area contributed by atoms with Crippen LogP contribution in [0.1, 0.15) is 125 Å². The number of aromatic nitrogens is 1. The number of carbonyl (C=O) groups excluding carboxylic acids is 2. The van der Waals surface area contributed by atoms with Gasteiger partial charge in [0, 0.05) is 36.8 Å². The van der Waals surface area contributed by atoms with E-state index in [0.717, 1.165) is 49.0 Å². The Bertz CT molecular complexity index is 618. The number of unbranched alkanes of at least 4 members (excludes halogenated alkanes) is 10. The van der Waals surface area contributed by atoms with Gasteiger partial charge in [-0.3, -0.25) is 9.59 Å². The summed E-state index contributed by atoms with van der Waals surface area (Å²) < 4.78 is 7.17. The Morgan fingerprint density at radius 3 is 2.00 bits per heavy atom. The fraction of sp³-hybridized carbons (Fsp3) is 0.769. The van der Waals surface area contributed by atoms with Crippen molar-refractivity contribution < 1.29 is 14.3 Å². The molecule has 172 valence electrons. The molecule has 0 amide bonds. The highest BCUT2D eigenvalue weighted by molar-refractivity contribution is 5.98. The first-order chi connectivity index (χ1) is 14.5. The van der Waals surface area contributed by atoms with Gasteiger partial charge in [0.25, 0.3) is 0 Å². The van der Waals surface area contributed by atoms with E-state index in [4.69, 9.17) is 4.74 Å². The molecule has 0 saturated heterocycles. The molecule has 0 aliphatic rings. The first-order valence-electron chi connectivity index (χ1n) is 12.4. The molecule has 0 aliphatic carbocycles. The van der Waals surface area contributed by atoms with E-state index in [9.17, 15) is 9.59 Å². The van der Waals surface area contributed by atoms with Crippen LogP contribution >= 0.6 is 0 Å². The van der Waals surface area contributed by atoms with Gasteiger partial charge in [0.15, 0.2) is 5.78 Å². The quantitative estimate of drug-likeness (QED) is 0.142. The van der Waals surface area contributed by atoms with Gasteiger partial charge in [0.05, 0.1) is 6.61 Å². The predicted octanol–water partition coefficient (Wildman–Crippen LogP) is 7.33. The van der Waals surface area contributed by atoms with Gasteiger partial charge in [-0.1, -0.05) is 64.7 Å². The summed E-state index contributed by atoms with van der Waals surface area (Å²) >= 11 is 0. The van der Waals surface area contributed by atoms with Crippen LogP contribution < -0.4 is 0 Å². The van der Waals surface area contributed by atoms with E-state index in [-0.39, 0.29) is 5.97 Å². The largest absolute Gasteiger partial charge is 0.466 e. The Hall–Kier alpha value is -1.58. The molecule has 0 atom stereocenters. The summed E-state index contributed by atoms with van der Waals surface area (Å²) in [5, 5.41) is 0. The molecule has 1 rings (SSSR count). The number of nitrogens with zero attached hydrogens (tertiary/aromatic N) is 1. The van der Waals surface area contributed by atoms with Crippen LogP contribution in [0.15, 0.2) is 6.20 Å². The van der Waals surface area contributed by atoms with Crippen molar-refractivity contribution in [3.05, 3.63) is 23.0 Å². The second-order valence-corrected chi connectivity index (χ2v) is 8.58. The number of carbonyl (C=O) groups is 2. The molecule has 4 nitrogen and oxygen atoms in total. The summed E-state index contributed by atoms with van der Waals surface area (Å²) in [4.78, 5) is 24.1. The lowest BCUT2D eigenvalue weighted by Gasteiger charge is -2.08. The van der Waals surface area contributed by atoms with Gasteiger partial charge in [-0.05, 0) is 45.6 Å². The number of Topliss-reactive ketones (excluding diaryl/α,β-unsaturated/α-hetero) is 1. The lowest BCUT2D eigenvalue weighted by Crippen LogP contribution is -2.06. The smallest absolute Gasteiger partial charge is 0.305 e. The predicted molar refractivity (Wildman–Crippen MR) is 125 cm³/mol. The SMILES string of the molecule is CCCCCCCCCCCC(=O)c1c(C)cn(CCCCCC(=O)OCC)c1C. The normalized spacial score (nSPS) is 11.1. The molecule has 4 heteroatoms. The van der Waals surface area contributed by atoms with Gasteiger partial charge in [0.2, 0.25) is 0 Å². The van der Waals surface area contributed by atoms with Gasteiger partial charge in [-0.25, -0.2) is 0 Å². The number of esters is 1. The molecule has 0 radical (unpaired) electrons. The van der Waals surface area contributed by atoms with Crippen LogP contribution in [0.2, 0.25) is 0 Å². The number of ether oxygens (including phenoxy) is 1. The average Bonchev–Trinajstić information content (AvgIpc) is 2.99. The molecule has 1 heterocycles. The van der Waals surface area contributed by atoms with Crippen molar-refractivity contribution in [3.8, 4) is 0 Å². The van der Waals surface area contributed by atoms with Gasteiger partial charge < -0.3 is 9.30 Å². The minimum Gasteiger partial charge on any atom is -0.466 e. The zero-order valence-electron chi connectivity index (χ0n) is 20.1. The Morgan fingerprint density at radius 2 is 1.37 bits per heavy atom. The van der Waals surface area contributed by atoms with Gasteiger partial charge in [-0.15, -0.1) is 0 Å². The van der Waals surface area contributed by atoms with Crippen molar-refractivity contribution in [3.63, 3.8) is 0 Å². The third-order valence-corrected chi connectivity index (χ3v) is 5.91. The van der Waals surface area contributed by atoms with Crippen LogP contribution in [0.5, 0.6) is 0 Å². The summed E-state index contributed by atoms with van der Waals surface area (Å²) in [6.07, 6.45) is 17.6. The fourth-order valence-electron chi connectivity index (χ4n) is 4.16. The maximum atomic E-state index is 12.8. The average molecular weight is 420 g/mol. The van der Waals surface area contributed by atoms with Crippen LogP contribution in [0, 0.1) is 13.8 Å². The van der Waals surface area contributed by atoms with Gasteiger partial charge in [0.1, 0.15) is 0 Å². The molecule has 1 aromatic heterocycles. The summed E-state index contributed by atoms with van der Waals surface area (Å²) in [6.45, 7) is 9.56. The van der Waals surface area contributed by atoms with Crippen molar-refractivity contribution in [1.29, 1.82) is 0 Å². The first kappa shape index (κ1) is 26.5. The molecule has 0 N–H and O–H groups in total. The highest BCUT2D eigenvalue weighted by atomic mass is 16.5. The fourth-order valence-corrected chi connectivity index (χ4v) is 4.16. The number of hydrogen-bond acceptors (Lipinski definition) is 3. The van der Waals surface area contributed by atoms with E-state index >= 15 is 0 Å². The van der Waals surface area contributed by atoms with Gasteiger partial charge >= 0.3 is 5.97 Å². The number of ketones is 1. The monoisotopic (exact) mass is 419 g/mol. The third-order valence-electron chi connectivity index (χ3n) is 5.91. The molecule has 30 heavy (non-hydrogen) atoms. The molecule has 0 aliphatic heterocycles. The maximum absolute atomic E-state index is 12.8. The molecule has 0 aromatic carbocycles. The number of hydrogen-bond donors (Lipinski definition) is 0. The Balaban J connectivity index is 2.28. The number of aryl methyl sites for hydroxylation is 2. The summed E-state index contributed by atoms with van der Waals surface area (Å²) in [5.41, 5.74) is 3.12. The van der Waals surface area contributed by atoms with Crippen LogP contribution in [0.4, 0.5) is 0 Å². The zero-order valence-corrected chi connectivity index (χ0v) is 20.1. The van der Waals surface area contributed by atoms with Crippen molar-refractivity contribution in [2.45, 2.75) is 124 Å². The van der Waals surface area contributed by atoms with Crippen LogP contribution in [0.25, 0.3) is 0 Å². The molecular weight excluding hydrogens is 374 g/mol. The maximum Gasteiger partial charge on any atom is 0.305 e. The molecule has 0 saturated carbocycles. The van der Waals surface area contributed by atoms with E-state index in [0.29, 0.717) is 25.2 Å². The number of rotatable bonds is 18. The van der Waals surface area contributed by atoms with Crippen molar-refractivity contribution in [1.82, 2.24) is 4.57 Å². The van der Waals surface area contributed by atoms with E-state index in [1.165, 1.54) is 51.4 Å². The minimum atomic E-state index is -0.102. The highest BCUT2D eigenvalue weighted by Gasteiger charge is 2.16. The molecule has 0 unspecified atom stereocenters. The Kier molecular flexibility index (Phi) is 14.2. The van der Waals surface area contributed by atoms with E-state index in [1.807, 2.05) is 13.8 Å². The topological polar surface area (TPSA) is 48.3 Å². The summed E-state index contributed by atoms with van der Waals surface area (Å²) in [7, 11) is 0. The van der Waals surface area contributed by atoms with E-state index in [1.54, 1.807) is 0 Å². The van der Waals surface area contributed by atoms with Crippen LogP contribution in [0.3, 0.4) is 0 Å². The van der Waals surface area contributed by atoms with Gasteiger partial charge in [-0.2, -0.15) is 0 Å². The molecule has 1 aromatic rings. The molecule has 0 fully saturated rings. The second-order valence-electron chi connectivity index (χ2n) is 8.58. The lowest BCUT2D eigenvalue weighted by molar-refractivity contribution is -0.143. The highest BCUT2D eigenvalue weighted by Crippen LogP contribution is 2.21. The summed E-state index contributed by atoms with van der Waals surface area (Å²) in [6, 6.07) is 0. The van der Waals surface area contributed by atoms with E-state index < -0.39 is 0 Å². The first-order valence-corrected chi connectivity index (χ1v) is 12.4. The second kappa shape index (κ2) is 16.2. The molecule has 0 spiro atoms. The van der Waals surface area contributed by atoms with Crippen LogP contribution in [-0.4, -0.2) is 22.9 Å².